The Morgan fingerprint density at radius 2 is 1.94 bits per heavy atom. The van der Waals surface area contributed by atoms with Crippen LogP contribution in [0.4, 0.5) is 0 Å². The summed E-state index contributed by atoms with van der Waals surface area (Å²) in [5.74, 6) is 0.804. The maximum atomic E-state index is 11.5. The quantitative estimate of drug-likeness (QED) is 0.833. The first-order valence-corrected chi connectivity index (χ1v) is 6.53. The molecule has 0 aliphatic carbocycles. The minimum absolute atomic E-state index is 0.196. The number of hydrogen-bond acceptors (Lipinski definition) is 4. The first-order valence-electron chi connectivity index (χ1n) is 5.54. The lowest BCUT2D eigenvalue weighted by Gasteiger charge is -2.03. The van der Waals surface area contributed by atoms with Crippen LogP contribution in [0.3, 0.4) is 0 Å². The molecule has 0 aliphatic heterocycles. The summed E-state index contributed by atoms with van der Waals surface area (Å²) in [7, 11) is 0. The van der Waals surface area contributed by atoms with Crippen LogP contribution in [0.25, 0.3) is 0 Å². The number of nitrogens with zero attached hydrogens (tertiary/aromatic N) is 1. The lowest BCUT2D eigenvalue weighted by Crippen LogP contribution is -2.13. The molecule has 0 fully saturated rings. The van der Waals surface area contributed by atoms with Crippen LogP contribution in [-0.2, 0) is 5.75 Å². The molecule has 0 saturated carbocycles. The van der Waals surface area contributed by atoms with E-state index in [0.29, 0.717) is 11.6 Å². The fraction of sp³-hybridized carbons (Fsp3) is 0.231. The van der Waals surface area contributed by atoms with Gasteiger partial charge in [0.15, 0.2) is 0 Å². The number of aryl methyl sites for hydroxylation is 1. The van der Waals surface area contributed by atoms with E-state index in [0.717, 1.165) is 4.90 Å². The number of thioether (sulfide) groups is 1. The van der Waals surface area contributed by atoms with Crippen LogP contribution in [0.2, 0.25) is 0 Å². The number of aromatic nitrogens is 2. The molecular weight excluding hydrogens is 248 g/mol. The van der Waals surface area contributed by atoms with Gasteiger partial charge in [0.05, 0.1) is 11.3 Å². The number of H-pyrrole nitrogens is 1. The number of benzene rings is 1. The Labute approximate surface area is 109 Å². The predicted molar refractivity (Wildman–Crippen MR) is 72.0 cm³/mol. The molecule has 0 aliphatic rings. The Morgan fingerprint density at radius 1 is 1.28 bits per heavy atom. The Bertz CT molecular complexity index is 605. The molecule has 0 saturated heterocycles. The molecule has 94 valence electrons. The largest absolute Gasteiger partial charge is 0.493 e. The van der Waals surface area contributed by atoms with Crippen LogP contribution in [0.15, 0.2) is 34.0 Å². The van der Waals surface area contributed by atoms with E-state index in [1.165, 1.54) is 12.5 Å². The third-order valence-electron chi connectivity index (χ3n) is 2.57. The van der Waals surface area contributed by atoms with Gasteiger partial charge in [-0.05, 0) is 26.0 Å². The van der Waals surface area contributed by atoms with Crippen molar-refractivity contribution < 1.29 is 5.11 Å². The summed E-state index contributed by atoms with van der Waals surface area (Å²) >= 11 is 1.56. The molecule has 1 heterocycles. The second kappa shape index (κ2) is 5.27. The number of hydrogen-bond donors (Lipinski definition) is 2. The molecule has 2 aromatic rings. The highest BCUT2D eigenvalue weighted by molar-refractivity contribution is 7.98. The molecule has 2 N–H and O–H groups in total. The van der Waals surface area contributed by atoms with Crippen molar-refractivity contribution in [3.05, 3.63) is 51.6 Å². The van der Waals surface area contributed by atoms with Crippen LogP contribution in [0, 0.1) is 13.8 Å². The maximum absolute atomic E-state index is 11.5. The van der Waals surface area contributed by atoms with Gasteiger partial charge >= 0.3 is 0 Å². The van der Waals surface area contributed by atoms with Gasteiger partial charge in [-0.1, -0.05) is 17.7 Å². The summed E-state index contributed by atoms with van der Waals surface area (Å²) in [5, 5.41) is 9.47. The maximum Gasteiger partial charge on any atom is 0.257 e. The van der Waals surface area contributed by atoms with E-state index in [1.807, 2.05) is 31.2 Å². The SMILES string of the molecule is Cc1ccc(SCc2nc(O)c(C)c(=O)[nH]2)cc1. The number of aromatic hydroxyl groups is 1. The van der Waals surface area contributed by atoms with Gasteiger partial charge in [0.25, 0.3) is 5.56 Å². The van der Waals surface area contributed by atoms with Crippen molar-refractivity contribution in [2.45, 2.75) is 24.5 Å². The molecule has 4 nitrogen and oxygen atoms in total. The van der Waals surface area contributed by atoms with E-state index < -0.39 is 0 Å². The first-order chi connectivity index (χ1) is 8.56. The zero-order valence-corrected chi connectivity index (χ0v) is 11.0. The van der Waals surface area contributed by atoms with Crippen molar-refractivity contribution in [1.29, 1.82) is 0 Å². The van der Waals surface area contributed by atoms with Gasteiger partial charge in [0.2, 0.25) is 5.88 Å². The average molecular weight is 262 g/mol. The Hall–Kier alpha value is -1.75. The minimum atomic E-state index is -0.290. The number of rotatable bonds is 3. The molecule has 0 unspecified atom stereocenters. The van der Waals surface area contributed by atoms with Gasteiger partial charge in [0, 0.05) is 4.90 Å². The third-order valence-corrected chi connectivity index (χ3v) is 3.59. The standard InChI is InChI=1S/C13H14N2O2S/c1-8-3-5-10(6-4-8)18-7-11-14-12(16)9(2)13(17)15-11/h3-6H,7H2,1-2H3,(H2,14,15,16,17). The van der Waals surface area contributed by atoms with Gasteiger partial charge in [-0.15, -0.1) is 11.8 Å². The number of nitrogens with one attached hydrogen (secondary N) is 1. The van der Waals surface area contributed by atoms with Crippen molar-refractivity contribution in [3.63, 3.8) is 0 Å². The average Bonchev–Trinajstić information content (AvgIpc) is 2.35. The Kier molecular flexibility index (Phi) is 3.72. The van der Waals surface area contributed by atoms with Crippen LogP contribution < -0.4 is 5.56 Å². The van der Waals surface area contributed by atoms with Gasteiger partial charge in [-0.3, -0.25) is 4.79 Å². The van der Waals surface area contributed by atoms with E-state index in [9.17, 15) is 9.90 Å². The Morgan fingerprint density at radius 3 is 2.56 bits per heavy atom. The van der Waals surface area contributed by atoms with Crippen LogP contribution >= 0.6 is 11.8 Å². The highest BCUT2D eigenvalue weighted by atomic mass is 32.2. The van der Waals surface area contributed by atoms with Gasteiger partial charge in [0.1, 0.15) is 5.82 Å². The topological polar surface area (TPSA) is 66.0 Å². The summed E-state index contributed by atoms with van der Waals surface area (Å²) in [4.78, 5) is 19.1. The fourth-order valence-electron chi connectivity index (χ4n) is 1.42. The van der Waals surface area contributed by atoms with Gasteiger partial charge in [-0.2, -0.15) is 4.98 Å². The second-order valence-electron chi connectivity index (χ2n) is 4.06. The zero-order chi connectivity index (χ0) is 13.1. The second-order valence-corrected chi connectivity index (χ2v) is 5.11. The van der Waals surface area contributed by atoms with Crippen LogP contribution in [-0.4, -0.2) is 15.1 Å². The molecule has 0 spiro atoms. The van der Waals surface area contributed by atoms with Crippen molar-refractivity contribution in [2.24, 2.45) is 0 Å². The van der Waals surface area contributed by atoms with E-state index >= 15 is 0 Å². The predicted octanol–water partition coefficient (Wildman–Crippen LogP) is 2.38. The first kappa shape index (κ1) is 12.7. The summed E-state index contributed by atoms with van der Waals surface area (Å²) in [6.07, 6.45) is 0. The smallest absolute Gasteiger partial charge is 0.257 e. The molecule has 1 aromatic heterocycles. The third kappa shape index (κ3) is 2.92. The Balaban J connectivity index is 2.11. The van der Waals surface area contributed by atoms with Crippen molar-refractivity contribution in [3.8, 4) is 5.88 Å². The van der Waals surface area contributed by atoms with Crippen molar-refractivity contribution in [2.75, 3.05) is 0 Å². The van der Waals surface area contributed by atoms with Crippen molar-refractivity contribution in [1.82, 2.24) is 9.97 Å². The molecule has 18 heavy (non-hydrogen) atoms. The molecule has 0 bridgehead atoms. The molecule has 0 radical (unpaired) electrons. The molecular formula is C13H14N2O2S. The molecule has 1 aromatic carbocycles. The van der Waals surface area contributed by atoms with E-state index in [4.69, 9.17) is 0 Å². The van der Waals surface area contributed by atoms with Gasteiger partial charge in [-0.25, -0.2) is 0 Å². The zero-order valence-electron chi connectivity index (χ0n) is 10.2. The molecule has 5 heteroatoms. The molecule has 0 atom stereocenters. The summed E-state index contributed by atoms with van der Waals surface area (Å²) < 4.78 is 0. The summed E-state index contributed by atoms with van der Waals surface area (Å²) in [5.41, 5.74) is 1.17. The molecule has 2 rings (SSSR count). The van der Waals surface area contributed by atoms with E-state index in [-0.39, 0.29) is 17.0 Å². The number of aromatic amines is 1. The lowest BCUT2D eigenvalue weighted by molar-refractivity contribution is 0.444. The van der Waals surface area contributed by atoms with Crippen LogP contribution in [0.5, 0.6) is 5.88 Å². The van der Waals surface area contributed by atoms with E-state index in [2.05, 4.69) is 9.97 Å². The van der Waals surface area contributed by atoms with E-state index in [1.54, 1.807) is 11.8 Å². The lowest BCUT2D eigenvalue weighted by atomic mass is 10.2. The van der Waals surface area contributed by atoms with Crippen molar-refractivity contribution >= 4 is 11.8 Å². The fourth-order valence-corrected chi connectivity index (χ4v) is 2.19. The molecule has 0 amide bonds. The highest BCUT2D eigenvalue weighted by Crippen LogP contribution is 2.21. The summed E-state index contributed by atoms with van der Waals surface area (Å²) in [6.45, 7) is 3.57. The highest BCUT2D eigenvalue weighted by Gasteiger charge is 2.06. The van der Waals surface area contributed by atoms with Crippen LogP contribution in [0.1, 0.15) is 17.0 Å². The normalized spacial score (nSPS) is 10.6. The minimum Gasteiger partial charge on any atom is -0.493 e. The van der Waals surface area contributed by atoms with Gasteiger partial charge < -0.3 is 10.1 Å². The monoisotopic (exact) mass is 262 g/mol. The summed E-state index contributed by atoms with van der Waals surface area (Å²) in [6, 6.07) is 8.11.